The van der Waals surface area contributed by atoms with Crippen molar-refractivity contribution in [2.45, 2.75) is 38.3 Å². The summed E-state index contributed by atoms with van der Waals surface area (Å²) in [5, 5.41) is 0. The Labute approximate surface area is 103 Å². The van der Waals surface area contributed by atoms with Crippen LogP contribution in [0.1, 0.15) is 26.7 Å². The molecule has 1 atom stereocenters. The second-order valence-corrected chi connectivity index (χ2v) is 4.66. The highest BCUT2D eigenvalue weighted by molar-refractivity contribution is 5.86. The van der Waals surface area contributed by atoms with Crippen LogP contribution in [0.3, 0.4) is 0 Å². The standard InChI is InChI=1S/C12H24N2O3/c1-4-14(10(2)9-16-3)11(15)12(13)5-7-17-8-6-12/h10H,4-9,13H2,1-3H3. The number of hydrogen-bond acceptors (Lipinski definition) is 4. The van der Waals surface area contributed by atoms with Crippen LogP contribution in [-0.4, -0.2) is 55.9 Å². The predicted octanol–water partition coefficient (Wildman–Crippen LogP) is 0.378. The van der Waals surface area contributed by atoms with E-state index in [1.807, 2.05) is 13.8 Å². The smallest absolute Gasteiger partial charge is 0.243 e. The van der Waals surface area contributed by atoms with Gasteiger partial charge in [-0.25, -0.2) is 0 Å². The Kier molecular flexibility index (Phi) is 5.36. The lowest BCUT2D eigenvalue weighted by Gasteiger charge is -2.38. The summed E-state index contributed by atoms with van der Waals surface area (Å²) in [6.45, 7) is 6.27. The van der Waals surface area contributed by atoms with Crippen molar-refractivity contribution >= 4 is 5.91 Å². The van der Waals surface area contributed by atoms with E-state index in [4.69, 9.17) is 15.2 Å². The Bertz CT molecular complexity index is 252. The minimum Gasteiger partial charge on any atom is -0.383 e. The molecule has 5 heteroatoms. The first-order valence-electron chi connectivity index (χ1n) is 6.21. The van der Waals surface area contributed by atoms with Crippen LogP contribution in [0, 0.1) is 0 Å². The molecule has 5 nitrogen and oxygen atoms in total. The maximum absolute atomic E-state index is 12.5. The van der Waals surface area contributed by atoms with Crippen molar-refractivity contribution in [1.82, 2.24) is 4.90 Å². The Balaban J connectivity index is 2.70. The summed E-state index contributed by atoms with van der Waals surface area (Å²) in [6, 6.07) is 0.0563. The molecular formula is C12H24N2O3. The van der Waals surface area contributed by atoms with Gasteiger partial charge in [0.2, 0.25) is 5.91 Å². The Hall–Kier alpha value is -0.650. The molecule has 100 valence electrons. The number of carbonyl (C=O) groups is 1. The lowest BCUT2D eigenvalue weighted by atomic mass is 9.89. The number of carbonyl (C=O) groups excluding carboxylic acids is 1. The van der Waals surface area contributed by atoms with E-state index in [0.717, 1.165) is 0 Å². The number of hydrogen-bond donors (Lipinski definition) is 1. The van der Waals surface area contributed by atoms with Gasteiger partial charge in [0, 0.05) is 26.9 Å². The zero-order valence-corrected chi connectivity index (χ0v) is 11.1. The van der Waals surface area contributed by atoms with Gasteiger partial charge in [0.15, 0.2) is 0 Å². The summed E-state index contributed by atoms with van der Waals surface area (Å²) >= 11 is 0. The molecule has 1 aliphatic heterocycles. The molecule has 1 rings (SSSR count). The number of amides is 1. The third-order valence-electron chi connectivity index (χ3n) is 3.35. The molecule has 1 unspecified atom stereocenters. The summed E-state index contributed by atoms with van der Waals surface area (Å²) < 4.78 is 10.4. The van der Waals surface area contributed by atoms with E-state index in [9.17, 15) is 4.79 Å². The number of nitrogens with two attached hydrogens (primary N) is 1. The van der Waals surface area contributed by atoms with Crippen LogP contribution < -0.4 is 5.73 Å². The van der Waals surface area contributed by atoms with Gasteiger partial charge in [0.25, 0.3) is 0 Å². The molecule has 0 aromatic carbocycles. The number of ether oxygens (including phenoxy) is 2. The first-order valence-corrected chi connectivity index (χ1v) is 6.21. The fraction of sp³-hybridized carbons (Fsp3) is 0.917. The minimum atomic E-state index is -0.754. The quantitative estimate of drug-likeness (QED) is 0.759. The van der Waals surface area contributed by atoms with Crippen LogP contribution >= 0.6 is 0 Å². The summed E-state index contributed by atoms with van der Waals surface area (Å²) in [7, 11) is 1.64. The van der Waals surface area contributed by atoms with Crippen LogP contribution in [0.4, 0.5) is 0 Å². The van der Waals surface area contributed by atoms with Gasteiger partial charge in [0.1, 0.15) is 0 Å². The molecule has 0 spiro atoms. The van der Waals surface area contributed by atoms with Crippen LogP contribution in [0.5, 0.6) is 0 Å². The van der Waals surface area contributed by atoms with Gasteiger partial charge >= 0.3 is 0 Å². The molecule has 1 fully saturated rings. The van der Waals surface area contributed by atoms with Gasteiger partial charge in [-0.05, 0) is 26.7 Å². The number of rotatable bonds is 5. The Morgan fingerprint density at radius 1 is 1.53 bits per heavy atom. The summed E-state index contributed by atoms with van der Waals surface area (Å²) in [5.41, 5.74) is 5.45. The van der Waals surface area contributed by atoms with Gasteiger partial charge in [0.05, 0.1) is 18.2 Å². The second kappa shape index (κ2) is 6.33. The van der Waals surface area contributed by atoms with Crippen molar-refractivity contribution in [3.8, 4) is 0 Å². The van der Waals surface area contributed by atoms with Gasteiger partial charge in [-0.1, -0.05) is 0 Å². The third-order valence-corrected chi connectivity index (χ3v) is 3.35. The van der Waals surface area contributed by atoms with E-state index in [1.165, 1.54) is 0 Å². The normalized spacial score (nSPS) is 20.9. The van der Waals surface area contributed by atoms with Crippen molar-refractivity contribution in [2.75, 3.05) is 33.5 Å². The molecule has 1 saturated heterocycles. The molecule has 0 radical (unpaired) electrons. The fourth-order valence-corrected chi connectivity index (χ4v) is 2.22. The third kappa shape index (κ3) is 3.40. The second-order valence-electron chi connectivity index (χ2n) is 4.66. The molecule has 0 bridgehead atoms. The lowest BCUT2D eigenvalue weighted by Crippen LogP contribution is -2.60. The molecule has 0 aliphatic carbocycles. The zero-order valence-electron chi connectivity index (χ0n) is 11.1. The molecule has 0 aromatic rings. The summed E-state index contributed by atoms with van der Waals surface area (Å²) in [5.74, 6) is 0.0212. The molecule has 1 heterocycles. The average molecular weight is 244 g/mol. The van der Waals surface area contributed by atoms with Crippen molar-refractivity contribution < 1.29 is 14.3 Å². The molecular weight excluding hydrogens is 220 g/mol. The fourth-order valence-electron chi connectivity index (χ4n) is 2.22. The number of likely N-dealkylation sites (N-methyl/N-ethyl adjacent to an activating group) is 1. The molecule has 2 N–H and O–H groups in total. The number of nitrogens with zero attached hydrogens (tertiary/aromatic N) is 1. The minimum absolute atomic E-state index is 0.0212. The monoisotopic (exact) mass is 244 g/mol. The average Bonchev–Trinajstić information content (AvgIpc) is 2.31. The molecule has 1 aliphatic rings. The maximum atomic E-state index is 12.5. The van der Waals surface area contributed by atoms with E-state index >= 15 is 0 Å². The summed E-state index contributed by atoms with van der Waals surface area (Å²) in [6.07, 6.45) is 1.20. The number of methoxy groups -OCH3 is 1. The van der Waals surface area contributed by atoms with E-state index < -0.39 is 5.54 Å². The summed E-state index contributed by atoms with van der Waals surface area (Å²) in [4.78, 5) is 14.3. The molecule has 1 amide bonds. The van der Waals surface area contributed by atoms with E-state index in [2.05, 4.69) is 0 Å². The first kappa shape index (κ1) is 14.4. The molecule has 0 saturated carbocycles. The topological polar surface area (TPSA) is 64.8 Å². The van der Waals surface area contributed by atoms with Crippen LogP contribution in [0.15, 0.2) is 0 Å². The van der Waals surface area contributed by atoms with Crippen molar-refractivity contribution in [1.29, 1.82) is 0 Å². The van der Waals surface area contributed by atoms with Gasteiger partial charge < -0.3 is 20.1 Å². The van der Waals surface area contributed by atoms with Crippen LogP contribution in [0.2, 0.25) is 0 Å². The van der Waals surface area contributed by atoms with Crippen LogP contribution in [-0.2, 0) is 14.3 Å². The molecule has 0 aromatic heterocycles. The van der Waals surface area contributed by atoms with Crippen molar-refractivity contribution in [3.63, 3.8) is 0 Å². The lowest BCUT2D eigenvalue weighted by molar-refractivity contribution is -0.143. The van der Waals surface area contributed by atoms with Crippen LogP contribution in [0.25, 0.3) is 0 Å². The zero-order chi connectivity index (χ0) is 12.9. The van der Waals surface area contributed by atoms with Gasteiger partial charge in [-0.2, -0.15) is 0 Å². The van der Waals surface area contributed by atoms with Gasteiger partial charge in [-0.3, -0.25) is 4.79 Å². The van der Waals surface area contributed by atoms with E-state index in [-0.39, 0.29) is 11.9 Å². The van der Waals surface area contributed by atoms with E-state index in [0.29, 0.717) is 39.2 Å². The highest BCUT2D eigenvalue weighted by Gasteiger charge is 2.39. The Morgan fingerprint density at radius 3 is 2.59 bits per heavy atom. The highest BCUT2D eigenvalue weighted by Crippen LogP contribution is 2.21. The first-order chi connectivity index (χ1) is 8.05. The highest BCUT2D eigenvalue weighted by atomic mass is 16.5. The molecule has 17 heavy (non-hydrogen) atoms. The predicted molar refractivity (Wildman–Crippen MR) is 65.7 cm³/mol. The van der Waals surface area contributed by atoms with Crippen molar-refractivity contribution in [3.05, 3.63) is 0 Å². The van der Waals surface area contributed by atoms with Crippen molar-refractivity contribution in [2.24, 2.45) is 5.73 Å². The van der Waals surface area contributed by atoms with E-state index in [1.54, 1.807) is 12.0 Å². The SMILES string of the molecule is CCN(C(=O)C1(N)CCOCC1)C(C)COC. The largest absolute Gasteiger partial charge is 0.383 e. The Morgan fingerprint density at radius 2 is 2.12 bits per heavy atom. The van der Waals surface area contributed by atoms with Gasteiger partial charge in [-0.15, -0.1) is 0 Å². The maximum Gasteiger partial charge on any atom is 0.243 e.